The van der Waals surface area contributed by atoms with Gasteiger partial charge in [-0.15, -0.1) is 0 Å². The highest BCUT2D eigenvalue weighted by molar-refractivity contribution is 6.30. The minimum Gasteiger partial charge on any atom is -0.481 e. The van der Waals surface area contributed by atoms with Crippen LogP contribution >= 0.6 is 11.6 Å². The third-order valence-electron chi connectivity index (χ3n) is 1.64. The molecule has 15 heavy (non-hydrogen) atoms. The molecular weight excluding hydrogens is 216 g/mol. The maximum Gasteiger partial charge on any atom is 0.311 e. The topological polar surface area (TPSA) is 54.4 Å². The number of benzene rings is 1. The zero-order chi connectivity index (χ0) is 11.3. The summed E-state index contributed by atoms with van der Waals surface area (Å²) in [5.74, 6) is -1.57. The van der Waals surface area contributed by atoms with Gasteiger partial charge in [0.25, 0.3) is 0 Å². The fourth-order valence-corrected chi connectivity index (χ4v) is 1.21. The lowest BCUT2D eigenvalue weighted by atomic mass is 10.2. The van der Waals surface area contributed by atoms with Crippen molar-refractivity contribution in [3.05, 3.63) is 40.9 Å². The van der Waals surface area contributed by atoms with Crippen LogP contribution in [0.2, 0.25) is 5.02 Å². The van der Waals surface area contributed by atoms with Crippen LogP contribution in [-0.4, -0.2) is 16.9 Å². The molecule has 0 fully saturated rings. The van der Waals surface area contributed by atoms with Crippen molar-refractivity contribution in [1.29, 1.82) is 0 Å². The van der Waals surface area contributed by atoms with Crippen LogP contribution in [0.1, 0.15) is 12.0 Å². The minimum atomic E-state index is -1.13. The summed E-state index contributed by atoms with van der Waals surface area (Å²) >= 11 is 5.73. The van der Waals surface area contributed by atoms with Crippen molar-refractivity contribution in [1.82, 2.24) is 0 Å². The van der Waals surface area contributed by atoms with Gasteiger partial charge in [0.2, 0.25) is 0 Å². The van der Waals surface area contributed by atoms with Crippen LogP contribution in [0.3, 0.4) is 0 Å². The molecule has 0 aliphatic heterocycles. The summed E-state index contributed by atoms with van der Waals surface area (Å²) in [7, 11) is 0. The van der Waals surface area contributed by atoms with Crippen LogP contribution in [0.4, 0.5) is 0 Å². The number of allylic oxidation sites excluding steroid dienone is 1. The number of hydrogen-bond acceptors (Lipinski definition) is 2. The molecular formula is C11H9ClO3. The van der Waals surface area contributed by atoms with E-state index in [1.807, 2.05) is 0 Å². The Morgan fingerprint density at radius 3 is 2.73 bits per heavy atom. The summed E-state index contributed by atoms with van der Waals surface area (Å²) in [6.45, 7) is 0. The SMILES string of the molecule is O=C(O)CC(=O)/C=C/c1cccc(Cl)c1. The number of carbonyl (C=O) groups is 2. The molecule has 0 saturated carbocycles. The number of carbonyl (C=O) groups excluding carboxylic acids is 1. The number of aliphatic carboxylic acids is 1. The van der Waals surface area contributed by atoms with E-state index in [9.17, 15) is 9.59 Å². The Morgan fingerprint density at radius 2 is 2.13 bits per heavy atom. The Hall–Kier alpha value is -1.61. The van der Waals surface area contributed by atoms with E-state index in [1.54, 1.807) is 24.3 Å². The van der Waals surface area contributed by atoms with Gasteiger partial charge in [-0.1, -0.05) is 29.8 Å². The lowest BCUT2D eigenvalue weighted by Gasteiger charge is -1.93. The Labute approximate surface area is 92.0 Å². The van der Waals surface area contributed by atoms with Crippen molar-refractivity contribution in [3.8, 4) is 0 Å². The van der Waals surface area contributed by atoms with E-state index in [-0.39, 0.29) is 0 Å². The second-order valence-corrected chi connectivity index (χ2v) is 3.36. The van der Waals surface area contributed by atoms with Crippen molar-refractivity contribution >= 4 is 29.4 Å². The molecule has 1 aromatic carbocycles. The molecule has 0 saturated heterocycles. The lowest BCUT2D eigenvalue weighted by molar-refractivity contribution is -0.139. The van der Waals surface area contributed by atoms with E-state index >= 15 is 0 Å². The van der Waals surface area contributed by atoms with E-state index in [1.165, 1.54) is 12.2 Å². The van der Waals surface area contributed by atoms with Gasteiger partial charge in [-0.25, -0.2) is 0 Å². The van der Waals surface area contributed by atoms with Crippen LogP contribution in [0, 0.1) is 0 Å². The first-order valence-electron chi connectivity index (χ1n) is 4.26. The molecule has 0 bridgehead atoms. The van der Waals surface area contributed by atoms with Gasteiger partial charge in [0.05, 0.1) is 0 Å². The first-order chi connectivity index (χ1) is 7.08. The van der Waals surface area contributed by atoms with E-state index in [0.29, 0.717) is 5.02 Å². The van der Waals surface area contributed by atoms with E-state index in [0.717, 1.165) is 5.56 Å². The third kappa shape index (κ3) is 4.42. The Bertz CT molecular complexity index is 410. The molecule has 0 spiro atoms. The van der Waals surface area contributed by atoms with E-state index in [4.69, 9.17) is 16.7 Å². The number of halogens is 1. The summed E-state index contributed by atoms with van der Waals surface area (Å²) in [6.07, 6.45) is 2.29. The first-order valence-corrected chi connectivity index (χ1v) is 4.64. The van der Waals surface area contributed by atoms with Gasteiger partial charge in [0.15, 0.2) is 5.78 Å². The number of carboxylic acids is 1. The van der Waals surface area contributed by atoms with Gasteiger partial charge in [-0.05, 0) is 23.8 Å². The molecule has 78 valence electrons. The predicted octanol–water partition coefficient (Wildman–Crippen LogP) is 2.40. The van der Waals surface area contributed by atoms with Crippen LogP contribution in [0.25, 0.3) is 6.08 Å². The summed E-state index contributed by atoms with van der Waals surface area (Å²) in [6, 6.07) is 6.93. The molecule has 3 nitrogen and oxygen atoms in total. The molecule has 0 aliphatic rings. The fraction of sp³-hybridized carbons (Fsp3) is 0.0909. The molecule has 0 aromatic heterocycles. The van der Waals surface area contributed by atoms with Crippen LogP contribution in [0.5, 0.6) is 0 Å². The normalized spacial score (nSPS) is 10.5. The molecule has 1 aromatic rings. The fourth-order valence-electron chi connectivity index (χ4n) is 1.01. The van der Waals surface area contributed by atoms with E-state index in [2.05, 4.69) is 0 Å². The summed E-state index contributed by atoms with van der Waals surface area (Å²) in [5.41, 5.74) is 0.765. The molecule has 1 rings (SSSR count). The number of rotatable bonds is 4. The van der Waals surface area contributed by atoms with Crippen molar-refractivity contribution in [2.24, 2.45) is 0 Å². The monoisotopic (exact) mass is 224 g/mol. The highest BCUT2D eigenvalue weighted by Crippen LogP contribution is 2.11. The summed E-state index contributed by atoms with van der Waals surface area (Å²) in [5, 5.41) is 8.92. The van der Waals surface area contributed by atoms with Gasteiger partial charge < -0.3 is 5.11 Å². The first kappa shape index (κ1) is 11.5. The smallest absolute Gasteiger partial charge is 0.311 e. The largest absolute Gasteiger partial charge is 0.481 e. The van der Waals surface area contributed by atoms with E-state index < -0.39 is 18.2 Å². The highest BCUT2D eigenvalue weighted by Gasteiger charge is 2.02. The Kier molecular flexibility index (Phi) is 4.06. The van der Waals surface area contributed by atoms with Crippen LogP contribution in [0.15, 0.2) is 30.3 Å². The average Bonchev–Trinajstić information content (AvgIpc) is 2.14. The van der Waals surface area contributed by atoms with Crippen molar-refractivity contribution < 1.29 is 14.7 Å². The standard InChI is InChI=1S/C11H9ClO3/c12-9-3-1-2-8(6-9)4-5-10(13)7-11(14)15/h1-6H,7H2,(H,14,15)/b5-4+. The van der Waals surface area contributed by atoms with Gasteiger partial charge >= 0.3 is 5.97 Å². The maximum absolute atomic E-state index is 11.0. The predicted molar refractivity (Wildman–Crippen MR) is 57.7 cm³/mol. The zero-order valence-electron chi connectivity index (χ0n) is 7.81. The quantitative estimate of drug-likeness (QED) is 0.631. The second-order valence-electron chi connectivity index (χ2n) is 2.93. The Balaban J connectivity index is 2.65. The van der Waals surface area contributed by atoms with Gasteiger partial charge in [-0.3, -0.25) is 9.59 Å². The zero-order valence-corrected chi connectivity index (χ0v) is 8.57. The Morgan fingerprint density at radius 1 is 1.40 bits per heavy atom. The molecule has 0 atom stereocenters. The average molecular weight is 225 g/mol. The number of carboxylic acid groups (broad SMARTS) is 1. The van der Waals surface area contributed by atoms with Gasteiger partial charge in [0.1, 0.15) is 6.42 Å². The lowest BCUT2D eigenvalue weighted by Crippen LogP contribution is -2.02. The van der Waals surface area contributed by atoms with Crippen molar-refractivity contribution in [3.63, 3.8) is 0 Å². The second kappa shape index (κ2) is 5.32. The van der Waals surface area contributed by atoms with Crippen LogP contribution in [-0.2, 0) is 9.59 Å². The molecule has 0 radical (unpaired) electrons. The summed E-state index contributed by atoms with van der Waals surface area (Å²) < 4.78 is 0. The third-order valence-corrected chi connectivity index (χ3v) is 1.87. The molecule has 0 unspecified atom stereocenters. The van der Waals surface area contributed by atoms with Gasteiger partial charge in [0, 0.05) is 5.02 Å². The molecule has 4 heteroatoms. The van der Waals surface area contributed by atoms with Crippen molar-refractivity contribution in [2.75, 3.05) is 0 Å². The highest BCUT2D eigenvalue weighted by atomic mass is 35.5. The number of hydrogen-bond donors (Lipinski definition) is 1. The number of ketones is 1. The summed E-state index contributed by atoms with van der Waals surface area (Å²) in [4.78, 5) is 21.2. The maximum atomic E-state index is 11.0. The van der Waals surface area contributed by atoms with Crippen LogP contribution < -0.4 is 0 Å². The molecule has 1 N–H and O–H groups in total. The van der Waals surface area contributed by atoms with Crippen molar-refractivity contribution in [2.45, 2.75) is 6.42 Å². The molecule has 0 amide bonds. The minimum absolute atomic E-state index is 0.442. The molecule has 0 aliphatic carbocycles. The van der Waals surface area contributed by atoms with Gasteiger partial charge in [-0.2, -0.15) is 0 Å². The molecule has 0 heterocycles.